The fraction of sp³-hybridized carbons (Fsp3) is 0.800. The summed E-state index contributed by atoms with van der Waals surface area (Å²) in [5.74, 6) is 5.73. The minimum absolute atomic E-state index is 0.249. The van der Waals surface area contributed by atoms with Crippen molar-refractivity contribution < 1.29 is 0 Å². The lowest BCUT2D eigenvalue weighted by Gasteiger charge is -2.11. The summed E-state index contributed by atoms with van der Waals surface area (Å²) in [5.41, 5.74) is 0. The summed E-state index contributed by atoms with van der Waals surface area (Å²) >= 11 is 1.93. The van der Waals surface area contributed by atoms with Gasteiger partial charge >= 0.3 is 0 Å². The minimum Gasteiger partial charge on any atom is -0.303 e. The summed E-state index contributed by atoms with van der Waals surface area (Å²) < 4.78 is 0. The van der Waals surface area contributed by atoms with E-state index in [9.17, 15) is 0 Å². The zero-order valence-corrected chi connectivity index (χ0v) is 9.08. The largest absolute Gasteiger partial charge is 0.303 e. The average molecular weight is 185 g/mol. The molecule has 1 nitrogen and oxygen atoms in total. The van der Waals surface area contributed by atoms with Crippen molar-refractivity contribution in [1.29, 1.82) is 0 Å². The SMILES string of the molecule is C#CC(CSCC(C)C)NCC. The van der Waals surface area contributed by atoms with Gasteiger partial charge in [-0.15, -0.1) is 6.42 Å². The molecule has 0 saturated carbocycles. The van der Waals surface area contributed by atoms with Crippen LogP contribution >= 0.6 is 11.8 Å². The fourth-order valence-electron chi connectivity index (χ4n) is 0.834. The van der Waals surface area contributed by atoms with Crippen LogP contribution in [-0.4, -0.2) is 24.1 Å². The van der Waals surface area contributed by atoms with Crippen LogP contribution in [0.4, 0.5) is 0 Å². The van der Waals surface area contributed by atoms with E-state index in [4.69, 9.17) is 6.42 Å². The van der Waals surface area contributed by atoms with Crippen molar-refractivity contribution in [2.45, 2.75) is 26.8 Å². The normalized spacial score (nSPS) is 12.9. The van der Waals surface area contributed by atoms with Gasteiger partial charge in [-0.1, -0.05) is 26.7 Å². The Morgan fingerprint density at radius 3 is 2.50 bits per heavy atom. The van der Waals surface area contributed by atoms with E-state index in [1.807, 2.05) is 11.8 Å². The Kier molecular flexibility index (Phi) is 7.43. The molecule has 0 amide bonds. The molecule has 0 radical (unpaired) electrons. The Morgan fingerprint density at radius 1 is 1.42 bits per heavy atom. The van der Waals surface area contributed by atoms with Gasteiger partial charge in [0.05, 0.1) is 6.04 Å². The maximum atomic E-state index is 5.35. The summed E-state index contributed by atoms with van der Waals surface area (Å²) in [6.07, 6.45) is 5.35. The van der Waals surface area contributed by atoms with Crippen molar-refractivity contribution in [2.24, 2.45) is 5.92 Å². The predicted octanol–water partition coefficient (Wildman–Crippen LogP) is 1.99. The molecule has 0 aliphatic rings. The van der Waals surface area contributed by atoms with E-state index >= 15 is 0 Å². The van der Waals surface area contributed by atoms with Crippen LogP contribution in [0.5, 0.6) is 0 Å². The monoisotopic (exact) mass is 185 g/mol. The summed E-state index contributed by atoms with van der Waals surface area (Å²) in [7, 11) is 0. The third-order valence-electron chi connectivity index (χ3n) is 1.39. The molecule has 0 heterocycles. The van der Waals surface area contributed by atoms with Gasteiger partial charge in [0.1, 0.15) is 0 Å². The highest BCUT2D eigenvalue weighted by molar-refractivity contribution is 7.99. The lowest BCUT2D eigenvalue weighted by atomic mass is 10.3. The maximum Gasteiger partial charge on any atom is 0.0778 e. The zero-order chi connectivity index (χ0) is 9.40. The lowest BCUT2D eigenvalue weighted by molar-refractivity contribution is 0.681. The van der Waals surface area contributed by atoms with E-state index in [1.54, 1.807) is 0 Å². The number of nitrogens with one attached hydrogen (secondary N) is 1. The Bertz CT molecular complexity index is 137. The number of rotatable bonds is 6. The van der Waals surface area contributed by atoms with E-state index in [0.29, 0.717) is 0 Å². The highest BCUT2D eigenvalue weighted by Crippen LogP contribution is 2.08. The summed E-state index contributed by atoms with van der Waals surface area (Å²) in [4.78, 5) is 0. The van der Waals surface area contributed by atoms with Gasteiger partial charge in [-0.25, -0.2) is 0 Å². The van der Waals surface area contributed by atoms with Crippen molar-refractivity contribution in [3.8, 4) is 12.3 Å². The molecular formula is C10H19NS. The molecule has 1 N–H and O–H groups in total. The van der Waals surface area contributed by atoms with E-state index in [0.717, 1.165) is 18.2 Å². The van der Waals surface area contributed by atoms with Crippen molar-refractivity contribution in [1.82, 2.24) is 5.32 Å². The molecule has 0 aromatic rings. The van der Waals surface area contributed by atoms with Crippen LogP contribution in [0.2, 0.25) is 0 Å². The van der Waals surface area contributed by atoms with E-state index in [1.165, 1.54) is 5.75 Å². The molecule has 0 aromatic carbocycles. The van der Waals surface area contributed by atoms with Crippen LogP contribution in [0, 0.1) is 18.3 Å². The van der Waals surface area contributed by atoms with Crippen molar-refractivity contribution >= 4 is 11.8 Å². The molecule has 70 valence electrons. The summed E-state index contributed by atoms with van der Waals surface area (Å²) in [6.45, 7) is 7.49. The first-order valence-corrected chi connectivity index (χ1v) is 5.63. The smallest absolute Gasteiger partial charge is 0.0778 e. The first kappa shape index (κ1) is 11.9. The number of hydrogen-bond acceptors (Lipinski definition) is 2. The fourth-order valence-corrected chi connectivity index (χ4v) is 1.89. The minimum atomic E-state index is 0.249. The summed E-state index contributed by atoms with van der Waals surface area (Å²) in [6, 6.07) is 0.249. The van der Waals surface area contributed by atoms with Gasteiger partial charge in [0.25, 0.3) is 0 Å². The first-order chi connectivity index (χ1) is 5.70. The lowest BCUT2D eigenvalue weighted by Crippen LogP contribution is -2.29. The molecule has 2 heteroatoms. The van der Waals surface area contributed by atoms with Gasteiger partial charge in [0, 0.05) is 5.75 Å². The van der Waals surface area contributed by atoms with E-state index < -0.39 is 0 Å². The Hall–Kier alpha value is -0.130. The quantitative estimate of drug-likeness (QED) is 0.635. The summed E-state index contributed by atoms with van der Waals surface area (Å²) in [5, 5.41) is 3.25. The second-order valence-corrected chi connectivity index (χ2v) is 4.28. The maximum absolute atomic E-state index is 5.35. The van der Waals surface area contributed by atoms with Crippen LogP contribution in [-0.2, 0) is 0 Å². The Balaban J connectivity index is 3.40. The molecule has 12 heavy (non-hydrogen) atoms. The molecule has 1 atom stereocenters. The van der Waals surface area contributed by atoms with Crippen molar-refractivity contribution in [2.75, 3.05) is 18.1 Å². The van der Waals surface area contributed by atoms with E-state index in [2.05, 4.69) is 32.0 Å². The van der Waals surface area contributed by atoms with Crippen LogP contribution in [0.15, 0.2) is 0 Å². The Morgan fingerprint density at radius 2 is 2.08 bits per heavy atom. The molecule has 0 aliphatic heterocycles. The highest BCUT2D eigenvalue weighted by atomic mass is 32.2. The van der Waals surface area contributed by atoms with Gasteiger partial charge < -0.3 is 5.32 Å². The molecule has 0 aromatic heterocycles. The van der Waals surface area contributed by atoms with Gasteiger partial charge in [0.15, 0.2) is 0 Å². The first-order valence-electron chi connectivity index (χ1n) is 4.48. The van der Waals surface area contributed by atoms with Gasteiger partial charge in [-0.05, 0) is 18.2 Å². The van der Waals surface area contributed by atoms with Gasteiger partial charge in [-0.3, -0.25) is 0 Å². The molecule has 0 rings (SSSR count). The van der Waals surface area contributed by atoms with E-state index in [-0.39, 0.29) is 6.04 Å². The molecule has 0 spiro atoms. The second-order valence-electron chi connectivity index (χ2n) is 3.21. The molecule has 0 bridgehead atoms. The molecular weight excluding hydrogens is 166 g/mol. The van der Waals surface area contributed by atoms with Crippen LogP contribution < -0.4 is 5.32 Å². The topological polar surface area (TPSA) is 12.0 Å². The second kappa shape index (κ2) is 7.52. The van der Waals surface area contributed by atoms with Crippen LogP contribution in [0.25, 0.3) is 0 Å². The van der Waals surface area contributed by atoms with Crippen molar-refractivity contribution in [3.63, 3.8) is 0 Å². The molecule has 0 fully saturated rings. The molecule has 0 aliphatic carbocycles. The molecule has 0 saturated heterocycles. The molecule has 1 unspecified atom stereocenters. The average Bonchev–Trinajstić information content (AvgIpc) is 2.02. The van der Waals surface area contributed by atoms with Crippen LogP contribution in [0.1, 0.15) is 20.8 Å². The standard InChI is InChI=1S/C10H19NS/c1-5-10(11-6-2)8-12-7-9(3)4/h1,9-11H,6-8H2,2-4H3. The predicted molar refractivity (Wildman–Crippen MR) is 58.5 cm³/mol. The zero-order valence-electron chi connectivity index (χ0n) is 8.26. The highest BCUT2D eigenvalue weighted by Gasteiger charge is 2.02. The third-order valence-corrected chi connectivity index (χ3v) is 2.86. The number of thioether (sulfide) groups is 1. The third kappa shape index (κ3) is 6.57. The van der Waals surface area contributed by atoms with Crippen LogP contribution in [0.3, 0.4) is 0 Å². The number of hydrogen-bond donors (Lipinski definition) is 1. The number of terminal acetylenes is 1. The Labute approximate surface area is 80.7 Å². The van der Waals surface area contributed by atoms with Crippen molar-refractivity contribution in [3.05, 3.63) is 0 Å². The van der Waals surface area contributed by atoms with Gasteiger partial charge in [0.2, 0.25) is 0 Å². The van der Waals surface area contributed by atoms with Gasteiger partial charge in [-0.2, -0.15) is 11.8 Å².